The lowest BCUT2D eigenvalue weighted by atomic mass is 10.0. The smallest absolute Gasteiger partial charge is 0.0598 e. The quantitative estimate of drug-likeness (QED) is 0.699. The Morgan fingerprint density at radius 1 is 1.22 bits per heavy atom. The zero-order valence-corrected chi connectivity index (χ0v) is 12.4. The third kappa shape index (κ3) is 6.42. The average Bonchev–Trinajstić information content (AvgIpc) is 2.31. The molecule has 104 valence electrons. The highest BCUT2D eigenvalue weighted by molar-refractivity contribution is 4.90. The number of nitrogens with zero attached hydrogens (tertiary/aromatic N) is 1. The van der Waals surface area contributed by atoms with Crippen molar-refractivity contribution in [3.63, 3.8) is 0 Å². The second-order valence-corrected chi connectivity index (χ2v) is 6.15. The number of piperidine rings is 1. The molecule has 1 aliphatic rings. The van der Waals surface area contributed by atoms with Crippen LogP contribution in [0.3, 0.4) is 0 Å². The number of terminal acetylenes is 1. The lowest BCUT2D eigenvalue weighted by Crippen LogP contribution is -2.45. The number of nitrogens with one attached hydrogen (secondary N) is 1. The van der Waals surface area contributed by atoms with Crippen molar-refractivity contribution in [1.82, 2.24) is 10.2 Å². The van der Waals surface area contributed by atoms with Crippen molar-refractivity contribution in [3.8, 4) is 12.3 Å². The Hall–Kier alpha value is -0.520. The van der Waals surface area contributed by atoms with Crippen LogP contribution < -0.4 is 5.32 Å². The van der Waals surface area contributed by atoms with Crippen LogP contribution in [-0.4, -0.2) is 36.6 Å². The van der Waals surface area contributed by atoms with E-state index in [1.165, 1.54) is 32.1 Å². The number of hydrogen-bond acceptors (Lipinski definition) is 2. The Kier molecular flexibility index (Phi) is 7.39. The highest BCUT2D eigenvalue weighted by atomic mass is 15.1. The van der Waals surface area contributed by atoms with Gasteiger partial charge in [0.25, 0.3) is 0 Å². The largest absolute Gasteiger partial charge is 0.311 e. The second kappa shape index (κ2) is 8.56. The summed E-state index contributed by atoms with van der Waals surface area (Å²) in [5.74, 6) is 3.57. The Morgan fingerprint density at radius 3 is 2.44 bits per heavy atom. The third-order valence-corrected chi connectivity index (χ3v) is 3.84. The van der Waals surface area contributed by atoms with Crippen molar-refractivity contribution in [2.24, 2.45) is 5.92 Å². The van der Waals surface area contributed by atoms with Gasteiger partial charge >= 0.3 is 0 Å². The molecule has 0 aromatic rings. The van der Waals surface area contributed by atoms with Gasteiger partial charge in [0.05, 0.1) is 6.54 Å². The maximum absolute atomic E-state index is 5.35. The van der Waals surface area contributed by atoms with Crippen LogP contribution in [0.1, 0.15) is 52.9 Å². The Morgan fingerprint density at radius 2 is 1.89 bits per heavy atom. The molecule has 1 heterocycles. The van der Waals surface area contributed by atoms with Crippen LogP contribution in [0.25, 0.3) is 0 Å². The van der Waals surface area contributed by atoms with E-state index in [9.17, 15) is 0 Å². The maximum Gasteiger partial charge on any atom is 0.0598 e. The van der Waals surface area contributed by atoms with E-state index in [0.717, 1.165) is 25.6 Å². The van der Waals surface area contributed by atoms with E-state index in [1.54, 1.807) is 0 Å². The van der Waals surface area contributed by atoms with Crippen LogP contribution in [0.2, 0.25) is 0 Å². The molecule has 0 aromatic heterocycles. The molecule has 1 unspecified atom stereocenters. The topological polar surface area (TPSA) is 15.3 Å². The van der Waals surface area contributed by atoms with E-state index >= 15 is 0 Å². The molecule has 0 saturated carbocycles. The predicted octanol–water partition coefficient (Wildman–Crippen LogP) is 2.89. The van der Waals surface area contributed by atoms with Crippen LogP contribution in [0.5, 0.6) is 0 Å². The van der Waals surface area contributed by atoms with E-state index in [0.29, 0.717) is 12.1 Å². The second-order valence-electron chi connectivity index (χ2n) is 6.15. The molecular formula is C16H30N2. The zero-order chi connectivity index (χ0) is 13.4. The molecule has 0 amide bonds. The van der Waals surface area contributed by atoms with E-state index in [1.807, 2.05) is 0 Å². The monoisotopic (exact) mass is 250 g/mol. The SMILES string of the molecule is C#CCN1CCC(NC(C)CCCC(C)C)CC1. The van der Waals surface area contributed by atoms with Crippen molar-refractivity contribution in [2.75, 3.05) is 19.6 Å². The molecule has 1 aliphatic heterocycles. The third-order valence-electron chi connectivity index (χ3n) is 3.84. The van der Waals surface area contributed by atoms with Crippen LogP contribution in [-0.2, 0) is 0 Å². The van der Waals surface area contributed by atoms with Gasteiger partial charge in [-0.1, -0.05) is 32.6 Å². The minimum Gasteiger partial charge on any atom is -0.311 e. The standard InChI is InChI=1S/C16H30N2/c1-5-11-18-12-9-16(10-13-18)17-15(4)8-6-7-14(2)3/h1,14-17H,6-13H2,2-4H3. The summed E-state index contributed by atoms with van der Waals surface area (Å²) < 4.78 is 0. The Balaban J connectivity index is 2.10. The Labute approximate surface area is 114 Å². The maximum atomic E-state index is 5.35. The first-order valence-corrected chi connectivity index (χ1v) is 7.53. The molecule has 0 radical (unpaired) electrons. The van der Waals surface area contributed by atoms with E-state index in [4.69, 9.17) is 6.42 Å². The molecule has 0 aliphatic carbocycles. The minimum absolute atomic E-state index is 0.660. The summed E-state index contributed by atoms with van der Waals surface area (Å²) in [5, 5.41) is 3.78. The molecule has 0 bridgehead atoms. The fourth-order valence-corrected chi connectivity index (χ4v) is 2.70. The van der Waals surface area contributed by atoms with Gasteiger partial charge in [-0.05, 0) is 32.1 Å². The Bertz CT molecular complexity index is 246. The summed E-state index contributed by atoms with van der Waals surface area (Å²) in [6.07, 6.45) is 11.9. The summed E-state index contributed by atoms with van der Waals surface area (Å²) in [6, 6.07) is 1.36. The van der Waals surface area contributed by atoms with Crippen molar-refractivity contribution >= 4 is 0 Å². The number of likely N-dealkylation sites (tertiary alicyclic amines) is 1. The molecule has 2 heteroatoms. The van der Waals surface area contributed by atoms with Crippen molar-refractivity contribution in [1.29, 1.82) is 0 Å². The molecule has 0 aromatic carbocycles. The van der Waals surface area contributed by atoms with Crippen LogP contribution >= 0.6 is 0 Å². The minimum atomic E-state index is 0.660. The molecular weight excluding hydrogens is 220 g/mol. The van der Waals surface area contributed by atoms with Gasteiger partial charge in [0, 0.05) is 25.2 Å². The molecule has 2 nitrogen and oxygen atoms in total. The molecule has 0 spiro atoms. The van der Waals surface area contributed by atoms with Crippen molar-refractivity contribution < 1.29 is 0 Å². The van der Waals surface area contributed by atoms with E-state index in [2.05, 4.69) is 36.9 Å². The van der Waals surface area contributed by atoms with Gasteiger partial charge < -0.3 is 5.32 Å². The first kappa shape index (κ1) is 15.5. The number of rotatable bonds is 7. The molecule has 1 fully saturated rings. The fraction of sp³-hybridized carbons (Fsp3) is 0.875. The van der Waals surface area contributed by atoms with Gasteiger partial charge in [0.15, 0.2) is 0 Å². The highest BCUT2D eigenvalue weighted by Crippen LogP contribution is 2.13. The first-order chi connectivity index (χ1) is 8.61. The predicted molar refractivity (Wildman–Crippen MR) is 79.6 cm³/mol. The summed E-state index contributed by atoms with van der Waals surface area (Å²) in [6.45, 7) is 10.1. The highest BCUT2D eigenvalue weighted by Gasteiger charge is 2.19. The normalized spacial score (nSPS) is 19.9. The lowest BCUT2D eigenvalue weighted by Gasteiger charge is -2.33. The summed E-state index contributed by atoms with van der Waals surface area (Å²) in [4.78, 5) is 2.38. The summed E-state index contributed by atoms with van der Waals surface area (Å²) in [5.41, 5.74) is 0. The molecule has 1 N–H and O–H groups in total. The zero-order valence-electron chi connectivity index (χ0n) is 12.4. The van der Waals surface area contributed by atoms with Crippen LogP contribution in [0, 0.1) is 18.3 Å². The van der Waals surface area contributed by atoms with E-state index in [-0.39, 0.29) is 0 Å². The van der Waals surface area contributed by atoms with E-state index < -0.39 is 0 Å². The molecule has 1 atom stereocenters. The van der Waals surface area contributed by atoms with Gasteiger partial charge in [0.1, 0.15) is 0 Å². The van der Waals surface area contributed by atoms with Crippen molar-refractivity contribution in [2.45, 2.75) is 65.0 Å². The molecule has 1 rings (SSSR count). The molecule has 1 saturated heterocycles. The summed E-state index contributed by atoms with van der Waals surface area (Å²) >= 11 is 0. The fourth-order valence-electron chi connectivity index (χ4n) is 2.70. The van der Waals surface area contributed by atoms with Crippen LogP contribution in [0.4, 0.5) is 0 Å². The van der Waals surface area contributed by atoms with Crippen molar-refractivity contribution in [3.05, 3.63) is 0 Å². The van der Waals surface area contributed by atoms with Gasteiger partial charge in [-0.15, -0.1) is 6.42 Å². The number of hydrogen-bond donors (Lipinski definition) is 1. The van der Waals surface area contributed by atoms with Crippen LogP contribution in [0.15, 0.2) is 0 Å². The molecule has 18 heavy (non-hydrogen) atoms. The van der Waals surface area contributed by atoms with Gasteiger partial charge in [-0.2, -0.15) is 0 Å². The van der Waals surface area contributed by atoms with Gasteiger partial charge in [-0.25, -0.2) is 0 Å². The van der Waals surface area contributed by atoms with Gasteiger partial charge in [0.2, 0.25) is 0 Å². The summed E-state index contributed by atoms with van der Waals surface area (Å²) in [7, 11) is 0. The lowest BCUT2D eigenvalue weighted by molar-refractivity contribution is 0.209. The van der Waals surface area contributed by atoms with Gasteiger partial charge in [-0.3, -0.25) is 4.90 Å². The average molecular weight is 250 g/mol. The first-order valence-electron chi connectivity index (χ1n) is 7.53.